The fourth-order valence-corrected chi connectivity index (χ4v) is 2.34. The van der Waals surface area contributed by atoms with Crippen LogP contribution in [0.15, 0.2) is 22.7 Å². The molecular weight excluding hydrogens is 283 g/mol. The van der Waals surface area contributed by atoms with Gasteiger partial charge in [-0.1, -0.05) is 42.3 Å². The lowest BCUT2D eigenvalue weighted by Crippen LogP contribution is -2.41. The van der Waals surface area contributed by atoms with E-state index >= 15 is 0 Å². The van der Waals surface area contributed by atoms with Crippen molar-refractivity contribution >= 4 is 15.9 Å². The Kier molecular flexibility index (Phi) is 6.09. The Morgan fingerprint density at radius 2 is 2.18 bits per heavy atom. The lowest BCUT2D eigenvalue weighted by Gasteiger charge is -2.23. The largest absolute Gasteiger partial charge is 0.271 e. The van der Waals surface area contributed by atoms with E-state index in [2.05, 4.69) is 35.2 Å². The first-order valence-corrected chi connectivity index (χ1v) is 6.77. The molecule has 17 heavy (non-hydrogen) atoms. The molecule has 1 rings (SSSR count). The molecule has 0 amide bonds. The van der Waals surface area contributed by atoms with E-state index in [-0.39, 0.29) is 11.9 Å². The standard InChI is InChI=1S/C13H20BrFN2/c1-3-4-9(2)13(17-16)7-10-5-6-11(14)8-12(10)15/h5-6,8-9,13,17H,3-4,7,16H2,1-2H3. The van der Waals surface area contributed by atoms with Crippen LogP contribution < -0.4 is 11.3 Å². The number of hydrogen-bond donors (Lipinski definition) is 2. The number of rotatable bonds is 6. The van der Waals surface area contributed by atoms with Gasteiger partial charge in [0.1, 0.15) is 5.82 Å². The highest BCUT2D eigenvalue weighted by Crippen LogP contribution is 2.20. The molecule has 1 aromatic carbocycles. The van der Waals surface area contributed by atoms with Crippen LogP contribution in [0.3, 0.4) is 0 Å². The second kappa shape index (κ2) is 7.09. The summed E-state index contributed by atoms with van der Waals surface area (Å²) >= 11 is 3.25. The molecule has 2 unspecified atom stereocenters. The first-order chi connectivity index (χ1) is 8.08. The molecule has 96 valence electrons. The molecule has 0 aliphatic heterocycles. The van der Waals surface area contributed by atoms with Gasteiger partial charge in [0.2, 0.25) is 0 Å². The minimum Gasteiger partial charge on any atom is -0.271 e. The maximum absolute atomic E-state index is 13.7. The first kappa shape index (κ1) is 14.6. The van der Waals surface area contributed by atoms with Gasteiger partial charge in [0.05, 0.1) is 0 Å². The molecular formula is C13H20BrFN2. The SMILES string of the molecule is CCCC(C)C(Cc1ccc(Br)cc1F)NN. The highest BCUT2D eigenvalue weighted by Gasteiger charge is 2.17. The number of hydrogen-bond acceptors (Lipinski definition) is 2. The molecule has 3 N–H and O–H groups in total. The predicted molar refractivity (Wildman–Crippen MR) is 73.0 cm³/mol. The van der Waals surface area contributed by atoms with E-state index in [1.165, 1.54) is 6.07 Å². The number of hydrazine groups is 1. The van der Waals surface area contributed by atoms with Crippen LogP contribution in [0.25, 0.3) is 0 Å². The van der Waals surface area contributed by atoms with Crippen molar-refractivity contribution in [1.82, 2.24) is 5.43 Å². The Morgan fingerprint density at radius 3 is 2.71 bits per heavy atom. The maximum Gasteiger partial charge on any atom is 0.127 e. The third kappa shape index (κ3) is 4.37. The van der Waals surface area contributed by atoms with Crippen molar-refractivity contribution < 1.29 is 4.39 Å². The average Bonchev–Trinajstić information content (AvgIpc) is 2.28. The Hall–Kier alpha value is -0.450. The quantitative estimate of drug-likeness (QED) is 0.624. The topological polar surface area (TPSA) is 38.0 Å². The van der Waals surface area contributed by atoms with Crippen molar-refractivity contribution in [1.29, 1.82) is 0 Å². The van der Waals surface area contributed by atoms with Gasteiger partial charge in [0.25, 0.3) is 0 Å². The van der Waals surface area contributed by atoms with Crippen molar-refractivity contribution in [3.05, 3.63) is 34.1 Å². The summed E-state index contributed by atoms with van der Waals surface area (Å²) in [6, 6.07) is 5.28. The van der Waals surface area contributed by atoms with Gasteiger partial charge in [-0.25, -0.2) is 4.39 Å². The molecule has 1 aromatic rings. The van der Waals surface area contributed by atoms with E-state index in [0.29, 0.717) is 17.9 Å². The molecule has 4 heteroatoms. The van der Waals surface area contributed by atoms with Crippen LogP contribution in [-0.2, 0) is 6.42 Å². The Labute approximate surface area is 111 Å². The maximum atomic E-state index is 13.7. The van der Waals surface area contributed by atoms with Crippen LogP contribution >= 0.6 is 15.9 Å². The summed E-state index contributed by atoms with van der Waals surface area (Å²) in [5.74, 6) is 5.81. The molecule has 0 radical (unpaired) electrons. The van der Waals surface area contributed by atoms with Crippen LogP contribution in [0.1, 0.15) is 32.3 Å². The van der Waals surface area contributed by atoms with Crippen molar-refractivity contribution in [2.45, 2.75) is 39.2 Å². The average molecular weight is 303 g/mol. The van der Waals surface area contributed by atoms with Gasteiger partial charge in [-0.15, -0.1) is 0 Å². The van der Waals surface area contributed by atoms with Crippen LogP contribution in [0.2, 0.25) is 0 Å². The molecule has 0 fully saturated rings. The zero-order valence-electron chi connectivity index (χ0n) is 10.3. The first-order valence-electron chi connectivity index (χ1n) is 5.98. The molecule has 0 bridgehead atoms. The summed E-state index contributed by atoms with van der Waals surface area (Å²) in [6.07, 6.45) is 2.83. The van der Waals surface area contributed by atoms with Gasteiger partial charge in [0, 0.05) is 10.5 Å². The number of halogens is 2. The lowest BCUT2D eigenvalue weighted by molar-refractivity contribution is 0.353. The summed E-state index contributed by atoms with van der Waals surface area (Å²) in [5.41, 5.74) is 3.51. The minimum absolute atomic E-state index is 0.116. The normalized spacial score (nSPS) is 14.6. The Balaban J connectivity index is 2.73. The monoisotopic (exact) mass is 302 g/mol. The number of nitrogens with one attached hydrogen (secondary N) is 1. The molecule has 0 saturated carbocycles. The second-order valence-electron chi connectivity index (χ2n) is 4.48. The number of benzene rings is 1. The highest BCUT2D eigenvalue weighted by molar-refractivity contribution is 9.10. The summed E-state index contributed by atoms with van der Waals surface area (Å²) in [6.45, 7) is 4.29. The van der Waals surface area contributed by atoms with E-state index < -0.39 is 0 Å². The molecule has 2 nitrogen and oxygen atoms in total. The lowest BCUT2D eigenvalue weighted by atomic mass is 9.92. The molecule has 0 aromatic heterocycles. The van der Waals surface area contributed by atoms with Crippen molar-refractivity contribution in [2.75, 3.05) is 0 Å². The summed E-state index contributed by atoms with van der Waals surface area (Å²) in [7, 11) is 0. The van der Waals surface area contributed by atoms with E-state index in [1.807, 2.05) is 12.1 Å². The summed E-state index contributed by atoms with van der Waals surface area (Å²) < 4.78 is 14.5. The third-order valence-corrected chi connectivity index (χ3v) is 3.59. The molecule has 0 heterocycles. The highest BCUT2D eigenvalue weighted by atomic mass is 79.9. The summed E-state index contributed by atoms with van der Waals surface area (Å²) in [5, 5.41) is 0. The molecule has 0 aliphatic carbocycles. The molecule has 0 saturated heterocycles. The fraction of sp³-hybridized carbons (Fsp3) is 0.538. The molecule has 0 aliphatic rings. The van der Waals surface area contributed by atoms with Gasteiger partial charge in [-0.2, -0.15) is 0 Å². The number of nitrogens with two attached hydrogens (primary N) is 1. The van der Waals surface area contributed by atoms with E-state index in [4.69, 9.17) is 5.84 Å². The van der Waals surface area contributed by atoms with Gasteiger partial charge in [-0.05, 0) is 36.5 Å². The van der Waals surface area contributed by atoms with Crippen molar-refractivity contribution in [2.24, 2.45) is 11.8 Å². The molecule has 2 atom stereocenters. The predicted octanol–water partition coefficient (Wildman–Crippen LogP) is 3.40. The Morgan fingerprint density at radius 1 is 1.47 bits per heavy atom. The van der Waals surface area contributed by atoms with Crippen LogP contribution in [0.5, 0.6) is 0 Å². The van der Waals surface area contributed by atoms with Gasteiger partial charge < -0.3 is 0 Å². The van der Waals surface area contributed by atoms with Crippen LogP contribution in [0, 0.1) is 11.7 Å². The zero-order valence-corrected chi connectivity index (χ0v) is 11.9. The van der Waals surface area contributed by atoms with Gasteiger partial charge in [-0.3, -0.25) is 11.3 Å². The zero-order chi connectivity index (χ0) is 12.8. The fourth-order valence-electron chi connectivity index (χ4n) is 2.01. The third-order valence-electron chi connectivity index (χ3n) is 3.10. The van der Waals surface area contributed by atoms with Crippen LogP contribution in [0.4, 0.5) is 4.39 Å². The molecule has 0 spiro atoms. The second-order valence-corrected chi connectivity index (χ2v) is 5.39. The summed E-state index contributed by atoms with van der Waals surface area (Å²) in [4.78, 5) is 0. The van der Waals surface area contributed by atoms with Crippen molar-refractivity contribution in [3.8, 4) is 0 Å². The van der Waals surface area contributed by atoms with E-state index in [0.717, 1.165) is 17.3 Å². The van der Waals surface area contributed by atoms with Gasteiger partial charge >= 0.3 is 0 Å². The van der Waals surface area contributed by atoms with E-state index in [9.17, 15) is 4.39 Å². The van der Waals surface area contributed by atoms with E-state index in [1.54, 1.807) is 0 Å². The smallest absolute Gasteiger partial charge is 0.127 e. The van der Waals surface area contributed by atoms with Crippen molar-refractivity contribution in [3.63, 3.8) is 0 Å². The van der Waals surface area contributed by atoms with Crippen LogP contribution in [-0.4, -0.2) is 6.04 Å². The minimum atomic E-state index is -0.177. The Bertz CT molecular complexity index is 357. The van der Waals surface area contributed by atoms with Gasteiger partial charge in [0.15, 0.2) is 0 Å².